The quantitative estimate of drug-likeness (QED) is 0.703. The van der Waals surface area contributed by atoms with Crippen LogP contribution in [0.5, 0.6) is 0 Å². The molecule has 0 radical (unpaired) electrons. The molecule has 0 aliphatic rings. The number of carbonyl (C=O) groups is 3. The van der Waals surface area contributed by atoms with Crippen molar-refractivity contribution in [2.75, 3.05) is 18.9 Å². The Morgan fingerprint density at radius 2 is 1.53 bits per heavy atom. The summed E-state index contributed by atoms with van der Waals surface area (Å²) >= 11 is 0. The molecule has 7 heteroatoms. The molecule has 2 aromatic carbocycles. The molecule has 2 N–H and O–H groups in total. The van der Waals surface area contributed by atoms with Gasteiger partial charge in [0.25, 0.3) is 5.91 Å². The van der Waals surface area contributed by atoms with E-state index in [0.717, 1.165) is 22.4 Å². The van der Waals surface area contributed by atoms with Crippen molar-refractivity contribution >= 4 is 23.6 Å². The number of aryl methyl sites for hydroxylation is 3. The number of carbonyl (C=O) groups excluding carboxylic acids is 3. The number of hydrogen-bond acceptors (Lipinski definition) is 4. The Hall–Kier alpha value is -3.35. The van der Waals surface area contributed by atoms with Gasteiger partial charge < -0.3 is 20.3 Å². The minimum absolute atomic E-state index is 0.287. The lowest BCUT2D eigenvalue weighted by molar-refractivity contribution is -0.136. The molecule has 0 aromatic heterocycles. The first-order chi connectivity index (χ1) is 14.9. The van der Waals surface area contributed by atoms with E-state index >= 15 is 0 Å². The highest BCUT2D eigenvalue weighted by Crippen LogP contribution is 2.25. The Bertz CT molecular complexity index is 957. The van der Waals surface area contributed by atoms with Crippen LogP contribution >= 0.6 is 0 Å². The number of para-hydroxylation sites is 1. The summed E-state index contributed by atoms with van der Waals surface area (Å²) in [6, 6.07) is 12.3. The van der Waals surface area contributed by atoms with Crippen LogP contribution in [0.4, 0.5) is 10.5 Å². The summed E-state index contributed by atoms with van der Waals surface area (Å²) in [6.07, 6.45) is -0.689. The lowest BCUT2D eigenvalue weighted by atomic mass is 10.0. The number of likely N-dealkylation sites (N-methyl/N-ethyl adjacent to an activating group) is 1. The molecule has 1 unspecified atom stereocenters. The Labute approximate surface area is 190 Å². The third-order valence-corrected chi connectivity index (χ3v) is 4.93. The van der Waals surface area contributed by atoms with Crippen molar-refractivity contribution in [3.05, 3.63) is 64.7 Å². The number of rotatable bonds is 6. The van der Waals surface area contributed by atoms with E-state index in [4.69, 9.17) is 4.74 Å². The third kappa shape index (κ3) is 6.83. The van der Waals surface area contributed by atoms with Crippen molar-refractivity contribution in [3.63, 3.8) is 0 Å². The highest BCUT2D eigenvalue weighted by atomic mass is 16.6. The van der Waals surface area contributed by atoms with Crippen molar-refractivity contribution < 1.29 is 19.1 Å². The van der Waals surface area contributed by atoms with Crippen LogP contribution in [0, 0.1) is 20.8 Å². The average molecular weight is 440 g/mol. The zero-order chi connectivity index (χ0) is 24.1. The molecule has 0 spiro atoms. The molecule has 2 rings (SSSR count). The average Bonchev–Trinajstić information content (AvgIpc) is 2.69. The normalized spacial score (nSPS) is 12.0. The van der Waals surface area contributed by atoms with E-state index in [1.54, 1.807) is 27.8 Å². The maximum absolute atomic E-state index is 13.4. The van der Waals surface area contributed by atoms with Crippen LogP contribution in [0.25, 0.3) is 0 Å². The van der Waals surface area contributed by atoms with E-state index in [-0.39, 0.29) is 12.5 Å². The highest BCUT2D eigenvalue weighted by Gasteiger charge is 2.29. The van der Waals surface area contributed by atoms with Gasteiger partial charge in [-0.05, 0) is 58.2 Å². The molecule has 0 saturated heterocycles. The molecule has 0 bridgehead atoms. The fourth-order valence-corrected chi connectivity index (χ4v) is 3.23. The topological polar surface area (TPSA) is 87.7 Å². The van der Waals surface area contributed by atoms with Crippen LogP contribution in [0.15, 0.2) is 42.5 Å². The van der Waals surface area contributed by atoms with Crippen LogP contribution in [-0.2, 0) is 14.3 Å². The van der Waals surface area contributed by atoms with Crippen molar-refractivity contribution in [2.24, 2.45) is 0 Å². The van der Waals surface area contributed by atoms with Gasteiger partial charge in [0, 0.05) is 12.7 Å². The lowest BCUT2D eigenvalue weighted by Crippen LogP contribution is -2.44. The molecule has 32 heavy (non-hydrogen) atoms. The molecule has 172 valence electrons. The number of nitrogens with zero attached hydrogens (tertiary/aromatic N) is 1. The summed E-state index contributed by atoms with van der Waals surface area (Å²) in [5, 5.41) is 5.44. The van der Waals surface area contributed by atoms with Crippen molar-refractivity contribution in [1.82, 2.24) is 10.2 Å². The second-order valence-corrected chi connectivity index (χ2v) is 8.93. The Kier molecular flexibility index (Phi) is 8.02. The molecule has 0 saturated carbocycles. The van der Waals surface area contributed by atoms with Crippen LogP contribution in [0.3, 0.4) is 0 Å². The first-order valence-electron chi connectivity index (χ1n) is 10.5. The van der Waals surface area contributed by atoms with Crippen molar-refractivity contribution in [1.29, 1.82) is 0 Å². The molecule has 0 aliphatic heterocycles. The number of amides is 3. The number of ether oxygens (including phenoxy) is 1. The van der Waals surface area contributed by atoms with Crippen LogP contribution < -0.4 is 10.6 Å². The van der Waals surface area contributed by atoms with Gasteiger partial charge in [-0.3, -0.25) is 9.59 Å². The summed E-state index contributed by atoms with van der Waals surface area (Å²) in [6.45, 7) is 10.7. The Balaban J connectivity index is 2.24. The van der Waals surface area contributed by atoms with E-state index in [1.165, 1.54) is 4.90 Å². The van der Waals surface area contributed by atoms with Gasteiger partial charge in [-0.1, -0.05) is 48.0 Å². The van der Waals surface area contributed by atoms with E-state index in [0.29, 0.717) is 5.56 Å². The summed E-state index contributed by atoms with van der Waals surface area (Å²) in [7, 11) is 1.55. The zero-order valence-electron chi connectivity index (χ0n) is 19.9. The number of nitrogens with one attached hydrogen (secondary N) is 2. The standard InChI is InChI=1S/C25H33N3O4/c1-16-11-13-19(14-12-16)22(23(30)27-21-17(2)9-8-10-18(21)3)28(7)20(29)15-26-24(31)32-25(4,5)6/h8-14,22H,15H2,1-7H3,(H,26,31)(H,27,30). The molecule has 3 amide bonds. The predicted molar refractivity (Wildman–Crippen MR) is 125 cm³/mol. The van der Waals surface area contributed by atoms with Crippen LogP contribution in [0.2, 0.25) is 0 Å². The fourth-order valence-electron chi connectivity index (χ4n) is 3.23. The van der Waals surface area contributed by atoms with Gasteiger partial charge in [0.1, 0.15) is 18.2 Å². The van der Waals surface area contributed by atoms with E-state index in [2.05, 4.69) is 10.6 Å². The second kappa shape index (κ2) is 10.3. The number of benzene rings is 2. The van der Waals surface area contributed by atoms with Gasteiger partial charge >= 0.3 is 6.09 Å². The molecular formula is C25H33N3O4. The van der Waals surface area contributed by atoms with Crippen LogP contribution in [0.1, 0.15) is 49.1 Å². The molecule has 0 aliphatic carbocycles. The predicted octanol–water partition coefficient (Wildman–Crippen LogP) is 4.27. The first kappa shape index (κ1) is 24.9. The first-order valence-corrected chi connectivity index (χ1v) is 10.5. The van der Waals surface area contributed by atoms with Crippen molar-refractivity contribution in [2.45, 2.75) is 53.2 Å². The van der Waals surface area contributed by atoms with Gasteiger partial charge in [0.2, 0.25) is 5.91 Å². The molecule has 0 fully saturated rings. The Morgan fingerprint density at radius 3 is 2.06 bits per heavy atom. The van der Waals surface area contributed by atoms with Gasteiger partial charge in [0.15, 0.2) is 0 Å². The van der Waals surface area contributed by atoms with E-state index < -0.39 is 23.6 Å². The fraction of sp³-hybridized carbons (Fsp3) is 0.400. The zero-order valence-corrected chi connectivity index (χ0v) is 19.9. The van der Waals surface area contributed by atoms with Gasteiger partial charge in [-0.2, -0.15) is 0 Å². The van der Waals surface area contributed by atoms with E-state index in [9.17, 15) is 14.4 Å². The summed E-state index contributed by atoms with van der Waals surface area (Å²) in [5.74, 6) is -0.752. The number of alkyl carbamates (subject to hydrolysis) is 1. The lowest BCUT2D eigenvalue weighted by Gasteiger charge is -2.29. The van der Waals surface area contributed by atoms with Crippen LogP contribution in [-0.4, -0.2) is 42.0 Å². The molecule has 2 aromatic rings. The minimum Gasteiger partial charge on any atom is -0.444 e. The minimum atomic E-state index is -0.873. The summed E-state index contributed by atoms with van der Waals surface area (Å²) in [4.78, 5) is 39.5. The number of hydrogen-bond donors (Lipinski definition) is 2. The largest absolute Gasteiger partial charge is 0.444 e. The van der Waals surface area contributed by atoms with Gasteiger partial charge in [-0.15, -0.1) is 0 Å². The molecule has 1 atom stereocenters. The van der Waals surface area contributed by atoms with E-state index in [1.807, 2.05) is 63.2 Å². The highest BCUT2D eigenvalue weighted by molar-refractivity contribution is 5.99. The Morgan fingerprint density at radius 1 is 0.969 bits per heavy atom. The van der Waals surface area contributed by atoms with Gasteiger partial charge in [0.05, 0.1) is 0 Å². The molecule has 7 nitrogen and oxygen atoms in total. The number of anilines is 1. The molecular weight excluding hydrogens is 406 g/mol. The molecule has 0 heterocycles. The monoisotopic (exact) mass is 439 g/mol. The van der Waals surface area contributed by atoms with Gasteiger partial charge in [-0.25, -0.2) is 4.79 Å². The second-order valence-electron chi connectivity index (χ2n) is 8.93. The SMILES string of the molecule is Cc1ccc(C(C(=O)Nc2c(C)cccc2C)N(C)C(=O)CNC(=O)OC(C)(C)C)cc1. The maximum atomic E-state index is 13.4. The summed E-state index contributed by atoms with van der Waals surface area (Å²) in [5.41, 5.74) is 3.63. The summed E-state index contributed by atoms with van der Waals surface area (Å²) < 4.78 is 5.18. The van der Waals surface area contributed by atoms with Crippen molar-refractivity contribution in [3.8, 4) is 0 Å². The smallest absolute Gasteiger partial charge is 0.408 e. The maximum Gasteiger partial charge on any atom is 0.408 e. The third-order valence-electron chi connectivity index (χ3n) is 4.93.